The quantitative estimate of drug-likeness (QED) is 0.735. The Kier molecular flexibility index (Phi) is 2.99. The van der Waals surface area contributed by atoms with Crippen LogP contribution in [0.1, 0.15) is 35.8 Å². The van der Waals surface area contributed by atoms with Crippen LogP contribution in [0.15, 0.2) is 6.20 Å². The molecule has 1 fully saturated rings. The lowest BCUT2D eigenvalue weighted by molar-refractivity contribution is 0.0599. The van der Waals surface area contributed by atoms with Crippen molar-refractivity contribution in [2.45, 2.75) is 33.2 Å². The van der Waals surface area contributed by atoms with E-state index >= 15 is 0 Å². The van der Waals surface area contributed by atoms with Crippen molar-refractivity contribution in [3.05, 3.63) is 17.5 Å². The number of methoxy groups -OCH3 is 1. The first-order chi connectivity index (χ1) is 7.61. The van der Waals surface area contributed by atoms with Gasteiger partial charge in [-0.3, -0.25) is 4.68 Å². The topological polar surface area (TPSA) is 44.1 Å². The van der Waals surface area contributed by atoms with Crippen LogP contribution >= 0.6 is 0 Å². The van der Waals surface area contributed by atoms with Crippen molar-refractivity contribution in [2.75, 3.05) is 7.11 Å². The summed E-state index contributed by atoms with van der Waals surface area (Å²) in [6, 6.07) is 0. The van der Waals surface area contributed by atoms with Gasteiger partial charge < -0.3 is 4.74 Å². The van der Waals surface area contributed by atoms with Gasteiger partial charge in [-0.1, -0.05) is 6.92 Å². The van der Waals surface area contributed by atoms with Crippen molar-refractivity contribution in [1.29, 1.82) is 0 Å². The Hall–Kier alpha value is -1.32. The van der Waals surface area contributed by atoms with Gasteiger partial charge in [-0.05, 0) is 31.6 Å². The maximum atomic E-state index is 11.4. The highest BCUT2D eigenvalue weighted by Gasteiger charge is 2.26. The Balaban J connectivity index is 2.05. The lowest BCUT2D eigenvalue weighted by atomic mass is 9.76. The summed E-state index contributed by atoms with van der Waals surface area (Å²) in [5.41, 5.74) is 1.49. The number of ether oxygens (including phenoxy) is 1. The minimum Gasteiger partial charge on any atom is -0.465 e. The van der Waals surface area contributed by atoms with Crippen LogP contribution < -0.4 is 0 Å². The Morgan fingerprint density at radius 1 is 1.62 bits per heavy atom. The minimum absolute atomic E-state index is 0.300. The van der Waals surface area contributed by atoms with Gasteiger partial charge in [0.05, 0.1) is 13.3 Å². The zero-order valence-corrected chi connectivity index (χ0v) is 10.1. The smallest absolute Gasteiger partial charge is 0.341 e. The summed E-state index contributed by atoms with van der Waals surface area (Å²) < 4.78 is 6.62. The summed E-state index contributed by atoms with van der Waals surface area (Å²) in [7, 11) is 1.40. The molecule has 0 atom stereocenters. The van der Waals surface area contributed by atoms with Gasteiger partial charge in [0.2, 0.25) is 0 Å². The summed E-state index contributed by atoms with van der Waals surface area (Å²) in [5, 5.41) is 4.25. The molecule has 0 amide bonds. The van der Waals surface area contributed by atoms with Gasteiger partial charge in [0, 0.05) is 12.2 Å². The molecule has 0 unspecified atom stereocenters. The number of carbonyl (C=O) groups is 1. The molecule has 0 bridgehead atoms. The van der Waals surface area contributed by atoms with Crippen LogP contribution in [0.3, 0.4) is 0 Å². The average molecular weight is 222 g/mol. The molecule has 0 N–H and O–H groups in total. The van der Waals surface area contributed by atoms with Crippen LogP contribution in [0.5, 0.6) is 0 Å². The van der Waals surface area contributed by atoms with Gasteiger partial charge in [0.25, 0.3) is 0 Å². The van der Waals surface area contributed by atoms with Crippen molar-refractivity contribution in [2.24, 2.45) is 11.8 Å². The molecule has 1 heterocycles. The summed E-state index contributed by atoms with van der Waals surface area (Å²) in [5.74, 6) is 1.27. The monoisotopic (exact) mass is 222 g/mol. The number of hydrogen-bond donors (Lipinski definition) is 0. The predicted octanol–water partition coefficient (Wildman–Crippen LogP) is 2.02. The number of rotatable bonds is 3. The third kappa shape index (κ3) is 1.96. The lowest BCUT2D eigenvalue weighted by Gasteiger charge is -2.32. The first kappa shape index (κ1) is 11.2. The van der Waals surface area contributed by atoms with E-state index in [1.54, 1.807) is 6.20 Å². The van der Waals surface area contributed by atoms with Gasteiger partial charge in [0.1, 0.15) is 5.56 Å². The van der Waals surface area contributed by atoms with E-state index in [0.717, 1.165) is 24.1 Å². The van der Waals surface area contributed by atoms with E-state index in [9.17, 15) is 4.79 Å². The van der Waals surface area contributed by atoms with Gasteiger partial charge in [-0.15, -0.1) is 0 Å². The second-order valence-corrected chi connectivity index (χ2v) is 4.76. The molecule has 88 valence electrons. The molecule has 0 radical (unpaired) electrons. The molecule has 1 aliphatic carbocycles. The number of aromatic nitrogens is 2. The fraction of sp³-hybridized carbons (Fsp3) is 0.667. The van der Waals surface area contributed by atoms with Crippen molar-refractivity contribution in [3.8, 4) is 0 Å². The highest BCUT2D eigenvalue weighted by atomic mass is 16.5. The Morgan fingerprint density at radius 3 is 2.88 bits per heavy atom. The summed E-state index contributed by atoms with van der Waals surface area (Å²) in [6.45, 7) is 5.11. The van der Waals surface area contributed by atoms with E-state index in [1.165, 1.54) is 20.0 Å². The molecule has 0 spiro atoms. The van der Waals surface area contributed by atoms with Crippen molar-refractivity contribution in [3.63, 3.8) is 0 Å². The molecule has 4 heteroatoms. The molecular formula is C12H18N2O2. The maximum Gasteiger partial charge on any atom is 0.341 e. The fourth-order valence-corrected chi connectivity index (χ4v) is 2.40. The number of nitrogens with zero attached hydrogens (tertiary/aromatic N) is 2. The standard InChI is InChI=1S/C12H18N2O2/c1-8-4-10(5-8)7-14-9(2)11(6-13-14)12(15)16-3/h6,8,10H,4-5,7H2,1-3H3. The molecule has 0 aliphatic heterocycles. The molecule has 1 aromatic rings. The Bertz CT molecular complexity index is 392. The van der Waals surface area contributed by atoms with E-state index in [-0.39, 0.29) is 5.97 Å². The van der Waals surface area contributed by atoms with Crippen LogP contribution in [0.2, 0.25) is 0 Å². The first-order valence-electron chi connectivity index (χ1n) is 5.72. The zero-order chi connectivity index (χ0) is 11.7. The van der Waals surface area contributed by atoms with Crippen LogP contribution in [0, 0.1) is 18.8 Å². The molecule has 0 aromatic carbocycles. The van der Waals surface area contributed by atoms with E-state index < -0.39 is 0 Å². The molecule has 16 heavy (non-hydrogen) atoms. The van der Waals surface area contributed by atoms with E-state index in [0.29, 0.717) is 5.56 Å². The van der Waals surface area contributed by atoms with Gasteiger partial charge >= 0.3 is 5.97 Å². The van der Waals surface area contributed by atoms with Crippen LogP contribution in [0.25, 0.3) is 0 Å². The molecule has 0 saturated heterocycles. The molecular weight excluding hydrogens is 204 g/mol. The lowest BCUT2D eigenvalue weighted by Crippen LogP contribution is -2.26. The van der Waals surface area contributed by atoms with E-state index in [1.807, 2.05) is 11.6 Å². The van der Waals surface area contributed by atoms with Gasteiger partial charge in [-0.25, -0.2) is 4.79 Å². The molecule has 1 aromatic heterocycles. The van der Waals surface area contributed by atoms with Crippen LogP contribution in [-0.2, 0) is 11.3 Å². The summed E-state index contributed by atoms with van der Waals surface area (Å²) in [4.78, 5) is 11.4. The van der Waals surface area contributed by atoms with Gasteiger partial charge in [-0.2, -0.15) is 5.10 Å². The fourth-order valence-electron chi connectivity index (χ4n) is 2.40. The van der Waals surface area contributed by atoms with Crippen LogP contribution in [-0.4, -0.2) is 22.9 Å². The molecule has 4 nitrogen and oxygen atoms in total. The second-order valence-electron chi connectivity index (χ2n) is 4.76. The zero-order valence-electron chi connectivity index (χ0n) is 10.1. The Morgan fingerprint density at radius 2 is 2.31 bits per heavy atom. The number of carbonyl (C=O) groups excluding carboxylic acids is 1. The molecule has 1 saturated carbocycles. The van der Waals surface area contributed by atoms with Crippen molar-refractivity contribution in [1.82, 2.24) is 9.78 Å². The molecule has 2 rings (SSSR count). The third-order valence-electron chi connectivity index (χ3n) is 3.41. The minimum atomic E-state index is -0.300. The van der Waals surface area contributed by atoms with Crippen LogP contribution in [0.4, 0.5) is 0 Å². The van der Waals surface area contributed by atoms with Crippen molar-refractivity contribution >= 4 is 5.97 Å². The average Bonchev–Trinajstić information content (AvgIpc) is 2.57. The largest absolute Gasteiger partial charge is 0.465 e. The van der Waals surface area contributed by atoms with Crippen molar-refractivity contribution < 1.29 is 9.53 Å². The third-order valence-corrected chi connectivity index (χ3v) is 3.41. The predicted molar refractivity (Wildman–Crippen MR) is 60.2 cm³/mol. The maximum absolute atomic E-state index is 11.4. The normalized spacial score (nSPS) is 23.9. The Labute approximate surface area is 95.6 Å². The highest BCUT2D eigenvalue weighted by molar-refractivity contribution is 5.90. The first-order valence-corrected chi connectivity index (χ1v) is 5.72. The SMILES string of the molecule is COC(=O)c1cnn(CC2CC(C)C2)c1C. The van der Waals surface area contributed by atoms with E-state index in [2.05, 4.69) is 12.0 Å². The van der Waals surface area contributed by atoms with E-state index in [4.69, 9.17) is 4.74 Å². The summed E-state index contributed by atoms with van der Waals surface area (Å²) >= 11 is 0. The number of hydrogen-bond acceptors (Lipinski definition) is 3. The summed E-state index contributed by atoms with van der Waals surface area (Å²) in [6.07, 6.45) is 4.14. The second kappa shape index (κ2) is 4.28. The highest BCUT2D eigenvalue weighted by Crippen LogP contribution is 2.34. The molecule has 1 aliphatic rings. The number of esters is 1. The van der Waals surface area contributed by atoms with Gasteiger partial charge in [0.15, 0.2) is 0 Å².